The number of morpholine rings is 1. The molecule has 2 heterocycles. The van der Waals surface area contributed by atoms with Gasteiger partial charge in [-0.05, 0) is 25.3 Å². The SMILES string of the molecule is CCn1c(Cc2ccccc2)nnc1SCC(=O)NCC1(N2CCOCC2)CCCCC1. The van der Waals surface area contributed by atoms with Crippen LogP contribution in [0.15, 0.2) is 35.5 Å². The van der Waals surface area contributed by atoms with Crippen LogP contribution in [0.2, 0.25) is 0 Å². The number of hydrogen-bond donors (Lipinski definition) is 1. The molecule has 0 atom stereocenters. The van der Waals surface area contributed by atoms with E-state index in [-0.39, 0.29) is 11.4 Å². The molecule has 7 nitrogen and oxygen atoms in total. The molecule has 174 valence electrons. The number of thioether (sulfide) groups is 1. The predicted molar refractivity (Wildman–Crippen MR) is 127 cm³/mol. The van der Waals surface area contributed by atoms with Gasteiger partial charge in [-0.15, -0.1) is 10.2 Å². The highest BCUT2D eigenvalue weighted by Crippen LogP contribution is 2.34. The number of benzene rings is 1. The fourth-order valence-electron chi connectivity index (χ4n) is 4.95. The molecule has 4 rings (SSSR count). The number of amides is 1. The molecular weight excluding hydrogens is 422 g/mol. The molecule has 2 aliphatic rings. The van der Waals surface area contributed by atoms with Crippen LogP contribution in [0.5, 0.6) is 0 Å². The first-order valence-corrected chi connectivity index (χ1v) is 12.9. The van der Waals surface area contributed by atoms with Crippen LogP contribution in [-0.4, -0.2) is 69.7 Å². The van der Waals surface area contributed by atoms with Gasteiger partial charge in [-0.25, -0.2) is 0 Å². The maximum Gasteiger partial charge on any atom is 0.230 e. The maximum atomic E-state index is 12.7. The summed E-state index contributed by atoms with van der Waals surface area (Å²) in [5.74, 6) is 1.38. The van der Waals surface area contributed by atoms with E-state index in [1.54, 1.807) is 0 Å². The van der Waals surface area contributed by atoms with Crippen LogP contribution in [-0.2, 0) is 22.5 Å². The van der Waals surface area contributed by atoms with Crippen LogP contribution in [0.1, 0.15) is 50.4 Å². The van der Waals surface area contributed by atoms with Crippen LogP contribution in [0, 0.1) is 0 Å². The Kier molecular flexibility index (Phi) is 8.21. The minimum absolute atomic E-state index is 0.0727. The summed E-state index contributed by atoms with van der Waals surface area (Å²) in [6.45, 7) is 7.14. The van der Waals surface area contributed by atoms with Gasteiger partial charge in [0.25, 0.3) is 0 Å². The van der Waals surface area contributed by atoms with E-state index >= 15 is 0 Å². The van der Waals surface area contributed by atoms with E-state index in [4.69, 9.17) is 4.74 Å². The van der Waals surface area contributed by atoms with Crippen molar-refractivity contribution in [2.24, 2.45) is 0 Å². The molecule has 1 aliphatic carbocycles. The third kappa shape index (κ3) is 5.71. The Balaban J connectivity index is 1.32. The largest absolute Gasteiger partial charge is 0.379 e. The topological polar surface area (TPSA) is 72.3 Å². The summed E-state index contributed by atoms with van der Waals surface area (Å²) in [6, 6.07) is 10.3. The lowest BCUT2D eigenvalue weighted by Crippen LogP contribution is -2.59. The van der Waals surface area contributed by atoms with Crippen LogP contribution in [0.4, 0.5) is 0 Å². The molecule has 0 bridgehead atoms. The first-order valence-electron chi connectivity index (χ1n) is 11.9. The molecule has 1 amide bonds. The molecule has 8 heteroatoms. The molecule has 0 unspecified atom stereocenters. The van der Waals surface area contributed by atoms with Gasteiger partial charge in [0, 0.05) is 38.1 Å². The average molecular weight is 458 g/mol. The number of ether oxygens (including phenoxy) is 1. The summed E-state index contributed by atoms with van der Waals surface area (Å²) in [5, 5.41) is 12.8. The maximum absolute atomic E-state index is 12.7. The molecule has 32 heavy (non-hydrogen) atoms. The van der Waals surface area contributed by atoms with Gasteiger partial charge in [-0.1, -0.05) is 61.4 Å². The van der Waals surface area contributed by atoms with Gasteiger partial charge in [0.15, 0.2) is 5.16 Å². The minimum atomic E-state index is 0.0727. The number of carbonyl (C=O) groups excluding carboxylic acids is 1. The zero-order chi connectivity index (χ0) is 22.2. The second-order valence-electron chi connectivity index (χ2n) is 8.76. The fraction of sp³-hybridized carbons (Fsp3) is 0.625. The Labute approximate surface area is 195 Å². The minimum Gasteiger partial charge on any atom is -0.379 e. The van der Waals surface area contributed by atoms with E-state index < -0.39 is 0 Å². The highest BCUT2D eigenvalue weighted by molar-refractivity contribution is 7.99. The zero-order valence-electron chi connectivity index (χ0n) is 19.1. The van der Waals surface area contributed by atoms with Gasteiger partial charge in [0.2, 0.25) is 5.91 Å². The molecule has 0 radical (unpaired) electrons. The van der Waals surface area contributed by atoms with E-state index in [0.29, 0.717) is 5.75 Å². The first kappa shape index (κ1) is 23.3. The lowest BCUT2D eigenvalue weighted by Gasteiger charge is -2.48. The summed E-state index contributed by atoms with van der Waals surface area (Å²) in [4.78, 5) is 15.3. The lowest BCUT2D eigenvalue weighted by molar-refractivity contribution is -0.119. The molecule has 1 N–H and O–H groups in total. The summed E-state index contributed by atoms with van der Waals surface area (Å²) in [6.07, 6.45) is 6.85. The Hall–Kier alpha value is -1.90. The zero-order valence-corrected chi connectivity index (χ0v) is 19.9. The predicted octanol–water partition coefficient (Wildman–Crippen LogP) is 3.13. The van der Waals surface area contributed by atoms with Crippen molar-refractivity contribution in [3.05, 3.63) is 41.7 Å². The molecule has 1 saturated heterocycles. The van der Waals surface area contributed by atoms with Crippen LogP contribution in [0.25, 0.3) is 0 Å². The van der Waals surface area contributed by atoms with Crippen LogP contribution < -0.4 is 5.32 Å². The van der Waals surface area contributed by atoms with Crippen molar-refractivity contribution in [1.29, 1.82) is 0 Å². The van der Waals surface area contributed by atoms with E-state index in [0.717, 1.165) is 69.6 Å². The first-order chi connectivity index (χ1) is 15.7. The summed E-state index contributed by atoms with van der Waals surface area (Å²) in [5.41, 5.74) is 1.30. The Morgan fingerprint density at radius 2 is 1.88 bits per heavy atom. The number of rotatable bonds is 9. The van der Waals surface area contributed by atoms with E-state index in [9.17, 15) is 4.79 Å². The highest BCUT2D eigenvalue weighted by atomic mass is 32.2. The molecule has 0 spiro atoms. The molecule has 1 aliphatic heterocycles. The fourth-order valence-corrected chi connectivity index (χ4v) is 5.80. The Morgan fingerprint density at radius 1 is 1.12 bits per heavy atom. The van der Waals surface area contributed by atoms with Crippen molar-refractivity contribution in [2.45, 2.75) is 62.7 Å². The summed E-state index contributed by atoms with van der Waals surface area (Å²) < 4.78 is 7.67. The molecule has 1 aromatic heterocycles. The van der Waals surface area contributed by atoms with E-state index in [2.05, 4.69) is 44.0 Å². The van der Waals surface area contributed by atoms with Crippen LogP contribution >= 0.6 is 11.8 Å². The van der Waals surface area contributed by atoms with Gasteiger partial charge in [-0.3, -0.25) is 9.69 Å². The van der Waals surface area contributed by atoms with Gasteiger partial charge in [0.05, 0.1) is 19.0 Å². The van der Waals surface area contributed by atoms with E-state index in [1.807, 2.05) is 18.2 Å². The average Bonchev–Trinajstić information content (AvgIpc) is 3.24. The second kappa shape index (κ2) is 11.3. The van der Waals surface area contributed by atoms with Crippen molar-refractivity contribution in [2.75, 3.05) is 38.6 Å². The summed E-state index contributed by atoms with van der Waals surface area (Å²) in [7, 11) is 0. The van der Waals surface area contributed by atoms with Gasteiger partial charge in [-0.2, -0.15) is 0 Å². The van der Waals surface area contributed by atoms with Crippen molar-refractivity contribution in [3.8, 4) is 0 Å². The van der Waals surface area contributed by atoms with Gasteiger partial charge in [0.1, 0.15) is 5.82 Å². The molecular formula is C24H35N5O2S. The van der Waals surface area contributed by atoms with Gasteiger partial charge < -0.3 is 14.6 Å². The summed E-state index contributed by atoms with van der Waals surface area (Å²) >= 11 is 1.48. The van der Waals surface area contributed by atoms with Crippen molar-refractivity contribution in [1.82, 2.24) is 25.0 Å². The molecule has 2 aromatic rings. The molecule has 2 fully saturated rings. The van der Waals surface area contributed by atoms with Crippen molar-refractivity contribution >= 4 is 17.7 Å². The third-order valence-electron chi connectivity index (χ3n) is 6.73. The quantitative estimate of drug-likeness (QED) is 0.584. The van der Waals surface area contributed by atoms with Crippen molar-refractivity contribution < 1.29 is 9.53 Å². The standard InChI is InChI=1S/C24H35N5O2S/c1-2-29-21(17-20-9-5-3-6-10-20)26-27-23(29)32-18-22(30)25-19-24(11-7-4-8-12-24)28-13-15-31-16-14-28/h3,5-6,9-10H,2,4,7-8,11-19H2,1H3,(H,25,30). The lowest BCUT2D eigenvalue weighted by atomic mass is 9.79. The normalized spacial score (nSPS) is 19.0. The third-order valence-corrected chi connectivity index (χ3v) is 7.69. The van der Waals surface area contributed by atoms with E-state index in [1.165, 1.54) is 36.6 Å². The monoisotopic (exact) mass is 457 g/mol. The van der Waals surface area contributed by atoms with Gasteiger partial charge >= 0.3 is 0 Å². The Morgan fingerprint density at radius 3 is 2.59 bits per heavy atom. The van der Waals surface area contributed by atoms with Crippen LogP contribution in [0.3, 0.4) is 0 Å². The highest BCUT2D eigenvalue weighted by Gasteiger charge is 2.38. The number of nitrogens with one attached hydrogen (secondary N) is 1. The van der Waals surface area contributed by atoms with Crippen molar-refractivity contribution in [3.63, 3.8) is 0 Å². The second-order valence-corrected chi connectivity index (χ2v) is 9.70. The number of nitrogens with zero attached hydrogens (tertiary/aromatic N) is 4. The smallest absolute Gasteiger partial charge is 0.230 e. The number of aromatic nitrogens is 3. The molecule has 1 aromatic carbocycles. The molecule has 1 saturated carbocycles. The Bertz CT molecular complexity index is 861. The number of hydrogen-bond acceptors (Lipinski definition) is 6. The number of carbonyl (C=O) groups is 1.